The van der Waals surface area contributed by atoms with Crippen LogP contribution in [0.5, 0.6) is 0 Å². The fourth-order valence-corrected chi connectivity index (χ4v) is 3.89. The first-order chi connectivity index (χ1) is 9.97. The van der Waals surface area contributed by atoms with E-state index in [1.807, 2.05) is 0 Å². The molecule has 0 radical (unpaired) electrons. The second-order valence-electron chi connectivity index (χ2n) is 7.88. The maximum absolute atomic E-state index is 3.84. The average Bonchev–Trinajstić information content (AvgIpc) is 2.44. The monoisotopic (exact) mass is 296 g/mol. The molecule has 0 aromatic heterocycles. The molecule has 0 spiro atoms. The fraction of sp³-hybridized carbons (Fsp3) is 1.00. The van der Waals surface area contributed by atoms with Crippen molar-refractivity contribution in [3.8, 4) is 0 Å². The Balaban J connectivity index is 2.63. The number of nitrogens with one attached hydrogen (secondary N) is 1. The topological polar surface area (TPSA) is 15.3 Å². The van der Waals surface area contributed by atoms with E-state index in [4.69, 9.17) is 0 Å². The van der Waals surface area contributed by atoms with E-state index in [9.17, 15) is 0 Å². The zero-order valence-corrected chi connectivity index (χ0v) is 15.5. The lowest BCUT2D eigenvalue weighted by atomic mass is 9.73. The lowest BCUT2D eigenvalue weighted by molar-refractivity contribution is 0.118. The predicted molar refractivity (Wildman–Crippen MR) is 94.7 cm³/mol. The van der Waals surface area contributed by atoms with E-state index in [1.165, 1.54) is 51.9 Å². The molecule has 126 valence electrons. The van der Waals surface area contributed by atoms with Crippen LogP contribution < -0.4 is 5.32 Å². The predicted octanol–water partition coefficient (Wildman–Crippen LogP) is 4.40. The highest BCUT2D eigenvalue weighted by Gasteiger charge is 2.32. The summed E-state index contributed by atoms with van der Waals surface area (Å²) in [6.45, 7) is 19.0. The molecular weight excluding hydrogens is 256 g/mol. The van der Waals surface area contributed by atoms with Gasteiger partial charge in [-0.15, -0.1) is 0 Å². The molecule has 1 aliphatic carbocycles. The summed E-state index contributed by atoms with van der Waals surface area (Å²) in [5.41, 5.74) is 0. The molecule has 1 aliphatic rings. The Morgan fingerprint density at radius 3 is 2.33 bits per heavy atom. The van der Waals surface area contributed by atoms with Gasteiger partial charge in [-0.3, -0.25) is 0 Å². The number of hydrogen-bond donors (Lipinski definition) is 1. The lowest BCUT2D eigenvalue weighted by Crippen LogP contribution is -2.47. The van der Waals surface area contributed by atoms with Gasteiger partial charge in [0.1, 0.15) is 0 Å². The normalized spacial score (nSPS) is 27.0. The highest BCUT2D eigenvalue weighted by Crippen LogP contribution is 2.34. The van der Waals surface area contributed by atoms with Crippen LogP contribution in [0.15, 0.2) is 0 Å². The minimum Gasteiger partial charge on any atom is -0.314 e. The van der Waals surface area contributed by atoms with E-state index >= 15 is 0 Å². The smallest absolute Gasteiger partial charge is 0.0108 e. The second kappa shape index (κ2) is 9.84. The van der Waals surface area contributed by atoms with Crippen LogP contribution in [0.4, 0.5) is 0 Å². The quantitative estimate of drug-likeness (QED) is 0.678. The van der Waals surface area contributed by atoms with Crippen LogP contribution in [-0.2, 0) is 0 Å². The van der Waals surface area contributed by atoms with Gasteiger partial charge in [0, 0.05) is 19.1 Å². The van der Waals surface area contributed by atoms with Crippen molar-refractivity contribution in [2.45, 2.75) is 73.3 Å². The molecule has 21 heavy (non-hydrogen) atoms. The summed E-state index contributed by atoms with van der Waals surface area (Å²) >= 11 is 0. The molecule has 0 aliphatic heterocycles. The zero-order valence-electron chi connectivity index (χ0n) is 15.5. The van der Waals surface area contributed by atoms with E-state index in [2.05, 4.69) is 51.8 Å². The Morgan fingerprint density at radius 1 is 1.10 bits per heavy atom. The molecule has 0 aromatic rings. The first-order valence-corrected chi connectivity index (χ1v) is 9.43. The third-order valence-electron chi connectivity index (χ3n) is 5.19. The van der Waals surface area contributed by atoms with Gasteiger partial charge in [-0.05, 0) is 62.4 Å². The molecular formula is C19H40N2. The van der Waals surface area contributed by atoms with Crippen LogP contribution >= 0.6 is 0 Å². The van der Waals surface area contributed by atoms with Crippen molar-refractivity contribution >= 4 is 0 Å². The Morgan fingerprint density at radius 2 is 1.81 bits per heavy atom. The Labute approximate surface area is 134 Å². The molecule has 1 saturated carbocycles. The summed E-state index contributed by atoms with van der Waals surface area (Å²) in [5, 5.41) is 3.84. The van der Waals surface area contributed by atoms with Crippen molar-refractivity contribution in [1.82, 2.24) is 10.2 Å². The van der Waals surface area contributed by atoms with E-state index in [1.54, 1.807) is 0 Å². The number of hydrogen-bond acceptors (Lipinski definition) is 2. The van der Waals surface area contributed by atoms with Gasteiger partial charge in [-0.1, -0.05) is 41.5 Å². The molecule has 0 heterocycles. The summed E-state index contributed by atoms with van der Waals surface area (Å²) in [6.07, 6.45) is 5.48. The molecule has 0 aromatic carbocycles. The Hall–Kier alpha value is -0.0800. The highest BCUT2D eigenvalue weighted by atomic mass is 15.1. The molecule has 0 saturated heterocycles. The first-order valence-electron chi connectivity index (χ1n) is 9.43. The van der Waals surface area contributed by atoms with Crippen molar-refractivity contribution in [2.24, 2.45) is 23.7 Å². The van der Waals surface area contributed by atoms with Crippen LogP contribution in [0.3, 0.4) is 0 Å². The van der Waals surface area contributed by atoms with Crippen molar-refractivity contribution < 1.29 is 0 Å². The lowest BCUT2D eigenvalue weighted by Gasteiger charge is -2.41. The largest absolute Gasteiger partial charge is 0.314 e. The van der Waals surface area contributed by atoms with Crippen LogP contribution in [0.25, 0.3) is 0 Å². The van der Waals surface area contributed by atoms with Gasteiger partial charge in [0.05, 0.1) is 0 Å². The Kier molecular flexibility index (Phi) is 8.89. The fourth-order valence-electron chi connectivity index (χ4n) is 3.89. The van der Waals surface area contributed by atoms with Gasteiger partial charge in [-0.25, -0.2) is 0 Å². The molecule has 0 amide bonds. The minimum absolute atomic E-state index is 0.751. The standard InChI is InChI=1S/C19H40N2/c1-7-11-20-19-10-9-17(16(5)6)12-18(19)14-21(8-2)13-15(3)4/h15-20H,7-14H2,1-6H3. The van der Waals surface area contributed by atoms with E-state index in [0.29, 0.717) is 0 Å². The molecule has 2 heteroatoms. The summed E-state index contributed by atoms with van der Waals surface area (Å²) in [5.74, 6) is 3.40. The van der Waals surface area contributed by atoms with E-state index in [-0.39, 0.29) is 0 Å². The minimum atomic E-state index is 0.751. The van der Waals surface area contributed by atoms with Crippen LogP contribution in [0.1, 0.15) is 67.2 Å². The SMILES string of the molecule is CCCNC1CCC(C(C)C)CC1CN(CC)CC(C)C. The third kappa shape index (κ3) is 6.69. The zero-order chi connectivity index (χ0) is 15.8. The molecule has 0 bridgehead atoms. The molecule has 2 nitrogen and oxygen atoms in total. The summed E-state index contributed by atoms with van der Waals surface area (Å²) in [4.78, 5) is 2.68. The van der Waals surface area contributed by atoms with Crippen molar-refractivity contribution in [3.63, 3.8) is 0 Å². The van der Waals surface area contributed by atoms with Crippen LogP contribution in [-0.4, -0.2) is 37.1 Å². The molecule has 1 N–H and O–H groups in total. The molecule has 1 rings (SSSR count). The maximum Gasteiger partial charge on any atom is 0.0108 e. The van der Waals surface area contributed by atoms with Crippen molar-refractivity contribution in [3.05, 3.63) is 0 Å². The van der Waals surface area contributed by atoms with Gasteiger partial charge in [0.15, 0.2) is 0 Å². The third-order valence-corrected chi connectivity index (χ3v) is 5.19. The summed E-state index contributed by atoms with van der Waals surface area (Å²) < 4.78 is 0. The Bertz CT molecular complexity index is 262. The molecule has 1 fully saturated rings. The summed E-state index contributed by atoms with van der Waals surface area (Å²) in [7, 11) is 0. The van der Waals surface area contributed by atoms with E-state index in [0.717, 1.165) is 29.7 Å². The van der Waals surface area contributed by atoms with Crippen LogP contribution in [0, 0.1) is 23.7 Å². The van der Waals surface area contributed by atoms with Gasteiger partial charge >= 0.3 is 0 Å². The highest BCUT2D eigenvalue weighted by molar-refractivity contribution is 4.87. The van der Waals surface area contributed by atoms with Gasteiger partial charge in [0.25, 0.3) is 0 Å². The van der Waals surface area contributed by atoms with Gasteiger partial charge in [0.2, 0.25) is 0 Å². The molecule has 3 unspecified atom stereocenters. The second-order valence-corrected chi connectivity index (χ2v) is 7.88. The maximum atomic E-state index is 3.84. The first kappa shape index (κ1) is 19.0. The van der Waals surface area contributed by atoms with Gasteiger partial charge in [-0.2, -0.15) is 0 Å². The van der Waals surface area contributed by atoms with Crippen molar-refractivity contribution in [1.29, 1.82) is 0 Å². The van der Waals surface area contributed by atoms with Gasteiger partial charge < -0.3 is 10.2 Å². The average molecular weight is 297 g/mol. The summed E-state index contributed by atoms with van der Waals surface area (Å²) in [6, 6.07) is 0.751. The number of nitrogens with zero attached hydrogens (tertiary/aromatic N) is 1. The van der Waals surface area contributed by atoms with Crippen molar-refractivity contribution in [2.75, 3.05) is 26.2 Å². The number of rotatable bonds is 9. The molecule has 3 atom stereocenters. The van der Waals surface area contributed by atoms with E-state index < -0.39 is 0 Å². The van der Waals surface area contributed by atoms with Crippen LogP contribution in [0.2, 0.25) is 0 Å².